The van der Waals surface area contributed by atoms with E-state index in [0.29, 0.717) is 22.1 Å². The van der Waals surface area contributed by atoms with Crippen molar-refractivity contribution in [3.63, 3.8) is 0 Å². The summed E-state index contributed by atoms with van der Waals surface area (Å²) in [5.41, 5.74) is 2.91. The molecule has 110 valence electrons. The molecular weight excluding hydrogens is 296 g/mol. The summed E-state index contributed by atoms with van der Waals surface area (Å²) >= 11 is 6.09. The average molecular weight is 309 g/mol. The fourth-order valence-electron chi connectivity index (χ4n) is 1.59. The summed E-state index contributed by atoms with van der Waals surface area (Å²) in [5, 5.41) is 4.24. The van der Waals surface area contributed by atoms with Crippen LogP contribution in [-0.4, -0.2) is 26.3 Å². The molecule has 0 radical (unpaired) electrons. The van der Waals surface area contributed by atoms with E-state index in [1.54, 1.807) is 18.2 Å². The molecule has 0 aliphatic carbocycles. The Morgan fingerprint density at radius 2 is 2.05 bits per heavy atom. The van der Waals surface area contributed by atoms with Crippen molar-refractivity contribution < 1.29 is 18.7 Å². The first-order chi connectivity index (χ1) is 10.2. The Labute approximate surface area is 126 Å². The van der Waals surface area contributed by atoms with Gasteiger partial charge in [0.1, 0.15) is 0 Å². The number of halogens is 1. The second kappa shape index (κ2) is 6.81. The molecule has 2 rings (SSSR count). The van der Waals surface area contributed by atoms with E-state index >= 15 is 0 Å². The summed E-state index contributed by atoms with van der Waals surface area (Å²) < 4.78 is 15.2. The number of benzene rings is 1. The molecule has 0 saturated carbocycles. The summed E-state index contributed by atoms with van der Waals surface area (Å²) in [6, 6.07) is 6.41. The lowest BCUT2D eigenvalue weighted by atomic mass is 10.2. The van der Waals surface area contributed by atoms with Crippen molar-refractivity contribution in [2.45, 2.75) is 0 Å². The van der Waals surface area contributed by atoms with Crippen molar-refractivity contribution in [1.29, 1.82) is 0 Å². The van der Waals surface area contributed by atoms with Crippen molar-refractivity contribution >= 4 is 23.7 Å². The summed E-state index contributed by atoms with van der Waals surface area (Å²) in [7, 11) is 3.04. The Hall–Kier alpha value is -2.47. The van der Waals surface area contributed by atoms with E-state index in [0.717, 1.165) is 0 Å². The number of hydrogen-bond acceptors (Lipinski definition) is 5. The Bertz CT molecular complexity index is 653. The molecule has 1 amide bonds. The van der Waals surface area contributed by atoms with Crippen LogP contribution < -0.4 is 14.9 Å². The van der Waals surface area contributed by atoms with E-state index < -0.39 is 5.91 Å². The molecule has 1 heterocycles. The topological polar surface area (TPSA) is 73.1 Å². The molecule has 21 heavy (non-hydrogen) atoms. The number of carbonyl (C=O) groups is 1. The molecule has 0 spiro atoms. The number of hydrogen-bond donors (Lipinski definition) is 1. The lowest BCUT2D eigenvalue weighted by Crippen LogP contribution is -2.16. The highest BCUT2D eigenvalue weighted by Crippen LogP contribution is 2.32. The van der Waals surface area contributed by atoms with Crippen LogP contribution in [0, 0.1) is 0 Å². The molecule has 2 aromatic rings. The van der Waals surface area contributed by atoms with Crippen LogP contribution in [0.4, 0.5) is 0 Å². The minimum atomic E-state index is -0.451. The van der Waals surface area contributed by atoms with Gasteiger partial charge < -0.3 is 13.9 Å². The highest BCUT2D eigenvalue weighted by Gasteiger charge is 2.09. The quantitative estimate of drug-likeness (QED) is 0.681. The molecule has 0 fully saturated rings. The first-order valence-electron chi connectivity index (χ1n) is 5.94. The molecule has 0 atom stereocenters. The summed E-state index contributed by atoms with van der Waals surface area (Å²) in [5.74, 6) is 0.749. The Morgan fingerprint density at radius 1 is 1.33 bits per heavy atom. The minimum absolute atomic E-state index is 0.172. The number of nitrogens with one attached hydrogen (secondary N) is 1. The SMILES string of the molecule is COc1cc(Cl)c(/C=N\NC(=O)c2ccco2)cc1OC. The fraction of sp³-hybridized carbons (Fsp3) is 0.143. The number of nitrogens with zero attached hydrogens (tertiary/aromatic N) is 1. The highest BCUT2D eigenvalue weighted by molar-refractivity contribution is 6.33. The van der Waals surface area contributed by atoms with Crippen LogP contribution in [0.2, 0.25) is 5.02 Å². The van der Waals surface area contributed by atoms with Crippen LogP contribution in [-0.2, 0) is 0 Å². The highest BCUT2D eigenvalue weighted by atomic mass is 35.5. The molecule has 0 unspecified atom stereocenters. The molecule has 1 aromatic carbocycles. The molecule has 6 nitrogen and oxygen atoms in total. The van der Waals surface area contributed by atoms with Gasteiger partial charge in [-0.2, -0.15) is 5.10 Å². The lowest BCUT2D eigenvalue weighted by molar-refractivity contribution is 0.0927. The second-order valence-corrected chi connectivity index (χ2v) is 4.31. The Morgan fingerprint density at radius 3 is 2.67 bits per heavy atom. The van der Waals surface area contributed by atoms with Gasteiger partial charge in [0.15, 0.2) is 17.3 Å². The van der Waals surface area contributed by atoms with Gasteiger partial charge in [-0.05, 0) is 18.2 Å². The van der Waals surface area contributed by atoms with Gasteiger partial charge in [-0.15, -0.1) is 0 Å². The summed E-state index contributed by atoms with van der Waals surface area (Å²) in [6.07, 6.45) is 2.81. The first-order valence-corrected chi connectivity index (χ1v) is 6.32. The third-order valence-corrected chi connectivity index (χ3v) is 2.94. The van der Waals surface area contributed by atoms with Crippen molar-refractivity contribution in [2.75, 3.05) is 14.2 Å². The predicted octanol–water partition coefficient (Wildman–Crippen LogP) is 2.71. The maximum absolute atomic E-state index is 11.6. The van der Waals surface area contributed by atoms with Gasteiger partial charge in [0, 0.05) is 11.6 Å². The molecular formula is C14H13ClN2O4. The lowest BCUT2D eigenvalue weighted by Gasteiger charge is -2.09. The molecule has 0 aliphatic heterocycles. The minimum Gasteiger partial charge on any atom is -0.493 e. The zero-order chi connectivity index (χ0) is 15.2. The van der Waals surface area contributed by atoms with Gasteiger partial charge >= 0.3 is 5.91 Å². The molecule has 0 bridgehead atoms. The van der Waals surface area contributed by atoms with Gasteiger partial charge in [-0.25, -0.2) is 5.43 Å². The Kier molecular flexibility index (Phi) is 4.84. The van der Waals surface area contributed by atoms with E-state index in [1.807, 2.05) is 0 Å². The van der Waals surface area contributed by atoms with Crippen LogP contribution in [0.1, 0.15) is 16.1 Å². The number of rotatable bonds is 5. The number of ether oxygens (including phenoxy) is 2. The van der Waals surface area contributed by atoms with Gasteiger partial charge in [0.25, 0.3) is 0 Å². The number of carbonyl (C=O) groups excluding carboxylic acids is 1. The van der Waals surface area contributed by atoms with Crippen LogP contribution in [0.3, 0.4) is 0 Å². The standard InChI is InChI=1S/C14H13ClN2O4/c1-19-12-6-9(10(15)7-13(12)20-2)8-16-17-14(18)11-4-3-5-21-11/h3-8H,1-2H3,(H,17,18)/b16-8-. The smallest absolute Gasteiger partial charge is 0.307 e. The maximum Gasteiger partial charge on any atom is 0.307 e. The third-order valence-electron chi connectivity index (χ3n) is 2.62. The molecule has 0 saturated heterocycles. The van der Waals surface area contributed by atoms with Crippen LogP contribution in [0.15, 0.2) is 40.0 Å². The maximum atomic E-state index is 11.6. The zero-order valence-electron chi connectivity index (χ0n) is 11.4. The van der Waals surface area contributed by atoms with Crippen LogP contribution in [0.5, 0.6) is 11.5 Å². The second-order valence-electron chi connectivity index (χ2n) is 3.91. The van der Waals surface area contributed by atoms with Crippen LogP contribution >= 0.6 is 11.6 Å². The summed E-state index contributed by atoms with van der Waals surface area (Å²) in [6.45, 7) is 0. The number of hydrazone groups is 1. The zero-order valence-corrected chi connectivity index (χ0v) is 12.2. The molecule has 0 aliphatic rings. The largest absolute Gasteiger partial charge is 0.493 e. The average Bonchev–Trinajstić information content (AvgIpc) is 3.02. The number of furan rings is 1. The Balaban J connectivity index is 2.12. The van der Waals surface area contributed by atoms with E-state index in [1.165, 1.54) is 32.8 Å². The van der Waals surface area contributed by atoms with E-state index in [-0.39, 0.29) is 5.76 Å². The van der Waals surface area contributed by atoms with Crippen molar-refractivity contribution in [3.05, 3.63) is 46.9 Å². The molecule has 1 N–H and O–H groups in total. The summed E-state index contributed by atoms with van der Waals surface area (Å²) in [4.78, 5) is 11.6. The van der Waals surface area contributed by atoms with Gasteiger partial charge in [0.05, 0.1) is 31.7 Å². The van der Waals surface area contributed by atoms with Gasteiger partial charge in [-0.1, -0.05) is 11.6 Å². The van der Waals surface area contributed by atoms with Crippen molar-refractivity contribution in [2.24, 2.45) is 5.10 Å². The predicted molar refractivity (Wildman–Crippen MR) is 78.3 cm³/mol. The van der Waals surface area contributed by atoms with Crippen LogP contribution in [0.25, 0.3) is 0 Å². The van der Waals surface area contributed by atoms with Crippen molar-refractivity contribution in [1.82, 2.24) is 5.43 Å². The fourth-order valence-corrected chi connectivity index (χ4v) is 1.79. The van der Waals surface area contributed by atoms with E-state index in [2.05, 4.69) is 10.5 Å². The van der Waals surface area contributed by atoms with Gasteiger partial charge in [-0.3, -0.25) is 4.79 Å². The van der Waals surface area contributed by atoms with E-state index in [4.69, 9.17) is 25.5 Å². The number of amides is 1. The van der Waals surface area contributed by atoms with Gasteiger partial charge in [0.2, 0.25) is 0 Å². The monoisotopic (exact) mass is 308 g/mol. The number of methoxy groups -OCH3 is 2. The third kappa shape index (κ3) is 3.55. The van der Waals surface area contributed by atoms with E-state index in [9.17, 15) is 4.79 Å². The first kappa shape index (κ1) is 14.9. The molecule has 1 aromatic heterocycles. The molecule has 7 heteroatoms. The normalized spacial score (nSPS) is 10.6. The van der Waals surface area contributed by atoms with Crippen molar-refractivity contribution in [3.8, 4) is 11.5 Å².